The smallest absolute Gasteiger partial charge is 0.0588 e. The first kappa shape index (κ1) is 11.4. The SMILES string of the molecule is OCC1CCCN(CCC2CCCO2)C1. The molecule has 2 unspecified atom stereocenters. The fourth-order valence-electron chi connectivity index (χ4n) is 2.70. The zero-order valence-electron chi connectivity index (χ0n) is 9.53. The molecule has 88 valence electrons. The van der Waals surface area contributed by atoms with Gasteiger partial charge in [0.15, 0.2) is 0 Å². The molecule has 1 N–H and O–H groups in total. The normalized spacial score (nSPS) is 33.4. The maximum absolute atomic E-state index is 9.14. The maximum atomic E-state index is 9.14. The summed E-state index contributed by atoms with van der Waals surface area (Å²) in [7, 11) is 0. The van der Waals surface area contributed by atoms with Gasteiger partial charge in [0.05, 0.1) is 6.10 Å². The van der Waals surface area contributed by atoms with Crippen LogP contribution in [0.5, 0.6) is 0 Å². The quantitative estimate of drug-likeness (QED) is 0.763. The van der Waals surface area contributed by atoms with Crippen LogP contribution >= 0.6 is 0 Å². The molecule has 2 rings (SSSR count). The van der Waals surface area contributed by atoms with E-state index >= 15 is 0 Å². The van der Waals surface area contributed by atoms with Gasteiger partial charge in [-0.25, -0.2) is 0 Å². The summed E-state index contributed by atoms with van der Waals surface area (Å²) < 4.78 is 5.62. The number of piperidine rings is 1. The van der Waals surface area contributed by atoms with E-state index in [9.17, 15) is 0 Å². The molecule has 0 bridgehead atoms. The topological polar surface area (TPSA) is 32.7 Å². The Labute approximate surface area is 92.4 Å². The fraction of sp³-hybridized carbons (Fsp3) is 1.00. The third-order valence-corrected chi connectivity index (χ3v) is 3.65. The van der Waals surface area contributed by atoms with E-state index in [-0.39, 0.29) is 0 Å². The third-order valence-electron chi connectivity index (χ3n) is 3.65. The fourth-order valence-corrected chi connectivity index (χ4v) is 2.70. The molecule has 2 aliphatic heterocycles. The number of hydrogen-bond acceptors (Lipinski definition) is 3. The highest BCUT2D eigenvalue weighted by Gasteiger charge is 2.21. The predicted octanol–water partition coefficient (Wildman–Crippen LogP) is 1.26. The maximum Gasteiger partial charge on any atom is 0.0588 e. The van der Waals surface area contributed by atoms with Crippen molar-refractivity contribution in [2.75, 3.05) is 32.8 Å². The van der Waals surface area contributed by atoms with Crippen molar-refractivity contribution >= 4 is 0 Å². The van der Waals surface area contributed by atoms with Crippen LogP contribution in [-0.2, 0) is 4.74 Å². The highest BCUT2D eigenvalue weighted by Crippen LogP contribution is 2.19. The van der Waals surface area contributed by atoms with Crippen molar-refractivity contribution in [2.24, 2.45) is 5.92 Å². The minimum absolute atomic E-state index is 0.358. The van der Waals surface area contributed by atoms with E-state index in [1.165, 1.54) is 38.6 Å². The molecule has 2 atom stereocenters. The van der Waals surface area contributed by atoms with Crippen LogP contribution in [-0.4, -0.2) is 49.0 Å². The second-order valence-electron chi connectivity index (χ2n) is 4.92. The van der Waals surface area contributed by atoms with E-state index in [0.29, 0.717) is 18.6 Å². The molecule has 3 nitrogen and oxygen atoms in total. The Morgan fingerprint density at radius 1 is 1.27 bits per heavy atom. The zero-order chi connectivity index (χ0) is 10.5. The zero-order valence-corrected chi connectivity index (χ0v) is 9.53. The minimum Gasteiger partial charge on any atom is -0.396 e. The first-order valence-electron chi connectivity index (χ1n) is 6.33. The highest BCUT2D eigenvalue weighted by atomic mass is 16.5. The Morgan fingerprint density at radius 3 is 2.93 bits per heavy atom. The van der Waals surface area contributed by atoms with Crippen molar-refractivity contribution in [2.45, 2.75) is 38.2 Å². The van der Waals surface area contributed by atoms with Gasteiger partial charge in [-0.15, -0.1) is 0 Å². The number of likely N-dealkylation sites (tertiary alicyclic amines) is 1. The van der Waals surface area contributed by atoms with Gasteiger partial charge in [0, 0.05) is 26.3 Å². The molecule has 0 aliphatic carbocycles. The van der Waals surface area contributed by atoms with Crippen LogP contribution in [0.15, 0.2) is 0 Å². The van der Waals surface area contributed by atoms with E-state index in [2.05, 4.69) is 4.90 Å². The molecule has 0 aromatic carbocycles. The first-order valence-corrected chi connectivity index (χ1v) is 6.33. The van der Waals surface area contributed by atoms with Crippen molar-refractivity contribution in [3.8, 4) is 0 Å². The van der Waals surface area contributed by atoms with E-state index in [0.717, 1.165) is 19.7 Å². The molecule has 15 heavy (non-hydrogen) atoms. The monoisotopic (exact) mass is 213 g/mol. The van der Waals surface area contributed by atoms with Gasteiger partial charge in [0.1, 0.15) is 0 Å². The van der Waals surface area contributed by atoms with Gasteiger partial charge in [0.2, 0.25) is 0 Å². The Hall–Kier alpha value is -0.120. The Balaban J connectivity index is 1.65. The summed E-state index contributed by atoms with van der Waals surface area (Å²) in [4.78, 5) is 2.49. The largest absolute Gasteiger partial charge is 0.396 e. The molecular weight excluding hydrogens is 190 g/mol. The molecule has 2 aliphatic rings. The second kappa shape index (κ2) is 5.83. The predicted molar refractivity (Wildman–Crippen MR) is 59.8 cm³/mol. The van der Waals surface area contributed by atoms with Crippen molar-refractivity contribution in [3.05, 3.63) is 0 Å². The lowest BCUT2D eigenvalue weighted by Gasteiger charge is -2.32. The average Bonchev–Trinajstić information content (AvgIpc) is 2.79. The number of rotatable bonds is 4. The highest BCUT2D eigenvalue weighted by molar-refractivity contribution is 4.74. The summed E-state index contributed by atoms with van der Waals surface area (Å²) in [5.74, 6) is 0.517. The third kappa shape index (κ3) is 3.44. The van der Waals surface area contributed by atoms with Crippen molar-refractivity contribution in [1.82, 2.24) is 4.90 Å². The molecule has 2 heterocycles. The van der Waals surface area contributed by atoms with Crippen molar-refractivity contribution in [3.63, 3.8) is 0 Å². The first-order chi connectivity index (χ1) is 7.38. The lowest BCUT2D eigenvalue weighted by molar-refractivity contribution is 0.0749. The number of nitrogens with zero attached hydrogens (tertiary/aromatic N) is 1. The standard InChI is InChI=1S/C12H23NO2/c14-10-11-3-1-6-13(9-11)7-5-12-4-2-8-15-12/h11-12,14H,1-10H2. The van der Waals surface area contributed by atoms with E-state index in [4.69, 9.17) is 9.84 Å². The molecule has 0 saturated carbocycles. The van der Waals surface area contributed by atoms with Gasteiger partial charge in [0.25, 0.3) is 0 Å². The summed E-state index contributed by atoms with van der Waals surface area (Å²) in [6.07, 6.45) is 6.63. The number of aliphatic hydroxyl groups is 1. The Morgan fingerprint density at radius 2 is 2.20 bits per heavy atom. The van der Waals surface area contributed by atoms with Crippen LogP contribution in [0.4, 0.5) is 0 Å². The molecule has 0 aromatic rings. The van der Waals surface area contributed by atoms with E-state index < -0.39 is 0 Å². The number of aliphatic hydroxyl groups excluding tert-OH is 1. The molecule has 0 spiro atoms. The van der Waals surface area contributed by atoms with Gasteiger partial charge in [-0.3, -0.25) is 0 Å². The van der Waals surface area contributed by atoms with Gasteiger partial charge in [-0.1, -0.05) is 0 Å². The van der Waals surface area contributed by atoms with Gasteiger partial charge < -0.3 is 14.7 Å². The Bertz CT molecular complexity index is 180. The minimum atomic E-state index is 0.358. The number of hydrogen-bond donors (Lipinski definition) is 1. The van der Waals surface area contributed by atoms with Crippen LogP contribution in [0.2, 0.25) is 0 Å². The summed E-state index contributed by atoms with van der Waals surface area (Å²) in [5.41, 5.74) is 0. The van der Waals surface area contributed by atoms with Gasteiger partial charge in [-0.2, -0.15) is 0 Å². The molecule has 2 saturated heterocycles. The van der Waals surface area contributed by atoms with Gasteiger partial charge in [-0.05, 0) is 44.6 Å². The van der Waals surface area contributed by atoms with Crippen molar-refractivity contribution in [1.29, 1.82) is 0 Å². The van der Waals surface area contributed by atoms with E-state index in [1.54, 1.807) is 0 Å². The lowest BCUT2D eigenvalue weighted by Crippen LogP contribution is -2.38. The molecule has 0 aromatic heterocycles. The molecule has 0 amide bonds. The van der Waals surface area contributed by atoms with Gasteiger partial charge >= 0.3 is 0 Å². The summed E-state index contributed by atoms with van der Waals surface area (Å²) >= 11 is 0. The van der Waals surface area contributed by atoms with Crippen LogP contribution in [0.1, 0.15) is 32.1 Å². The van der Waals surface area contributed by atoms with Crippen LogP contribution in [0, 0.1) is 5.92 Å². The van der Waals surface area contributed by atoms with E-state index in [1.807, 2.05) is 0 Å². The van der Waals surface area contributed by atoms with Crippen LogP contribution < -0.4 is 0 Å². The molecule has 0 radical (unpaired) electrons. The Kier molecular flexibility index (Phi) is 4.42. The number of ether oxygens (including phenoxy) is 1. The lowest BCUT2D eigenvalue weighted by atomic mass is 9.98. The van der Waals surface area contributed by atoms with Crippen LogP contribution in [0.25, 0.3) is 0 Å². The summed E-state index contributed by atoms with van der Waals surface area (Å²) in [6.45, 7) is 4.77. The molecule has 2 fully saturated rings. The average molecular weight is 213 g/mol. The summed E-state index contributed by atoms with van der Waals surface area (Å²) in [5, 5.41) is 9.14. The van der Waals surface area contributed by atoms with Crippen molar-refractivity contribution < 1.29 is 9.84 Å². The van der Waals surface area contributed by atoms with Crippen LogP contribution in [0.3, 0.4) is 0 Å². The summed E-state index contributed by atoms with van der Waals surface area (Å²) in [6, 6.07) is 0. The molecular formula is C12H23NO2. The molecule has 3 heteroatoms. The second-order valence-corrected chi connectivity index (χ2v) is 4.92.